The van der Waals surface area contributed by atoms with Crippen molar-refractivity contribution in [1.29, 1.82) is 0 Å². The van der Waals surface area contributed by atoms with Gasteiger partial charge < -0.3 is 4.74 Å². The summed E-state index contributed by atoms with van der Waals surface area (Å²) in [6, 6.07) is 22.9. The number of hydrogen-bond acceptors (Lipinski definition) is 3. The molecule has 4 nitrogen and oxygen atoms in total. The predicted molar refractivity (Wildman–Crippen MR) is 119 cm³/mol. The molecular weight excluding hydrogens is 484 g/mol. The fourth-order valence-electron chi connectivity index (χ4n) is 3.00. The molecule has 0 atom stereocenters. The number of hydrogen-bond donors (Lipinski definition) is 0. The zero-order chi connectivity index (χ0) is 19.5. The number of halogens is 2. The molecular formula is C22H16Br2N2O2. The van der Waals surface area contributed by atoms with Gasteiger partial charge in [-0.15, -0.1) is 0 Å². The quantitative estimate of drug-likeness (QED) is 0.355. The van der Waals surface area contributed by atoms with Crippen LogP contribution in [0.1, 0.15) is 0 Å². The van der Waals surface area contributed by atoms with Gasteiger partial charge in [0.05, 0.1) is 21.9 Å². The van der Waals surface area contributed by atoms with Crippen molar-refractivity contribution in [3.8, 4) is 17.1 Å². The largest absolute Gasteiger partial charge is 0.491 e. The molecule has 0 unspecified atom stereocenters. The second-order valence-corrected chi connectivity index (χ2v) is 7.97. The number of ether oxygens (including phenoxy) is 1. The molecule has 0 aliphatic rings. The van der Waals surface area contributed by atoms with E-state index in [9.17, 15) is 4.79 Å². The van der Waals surface area contributed by atoms with Crippen molar-refractivity contribution < 1.29 is 4.74 Å². The van der Waals surface area contributed by atoms with Crippen molar-refractivity contribution in [2.75, 3.05) is 6.61 Å². The molecule has 0 saturated heterocycles. The third-order valence-corrected chi connectivity index (χ3v) is 5.56. The van der Waals surface area contributed by atoms with E-state index in [1.54, 1.807) is 10.6 Å². The Labute approximate surface area is 179 Å². The molecule has 28 heavy (non-hydrogen) atoms. The van der Waals surface area contributed by atoms with Gasteiger partial charge in [-0.05, 0) is 52.3 Å². The van der Waals surface area contributed by atoms with Gasteiger partial charge in [0, 0.05) is 10.0 Å². The van der Waals surface area contributed by atoms with E-state index in [4.69, 9.17) is 9.72 Å². The van der Waals surface area contributed by atoms with E-state index in [1.165, 1.54) is 0 Å². The highest BCUT2D eigenvalue weighted by Gasteiger charge is 2.13. The number of benzene rings is 3. The lowest BCUT2D eigenvalue weighted by Crippen LogP contribution is -2.26. The van der Waals surface area contributed by atoms with E-state index in [1.807, 2.05) is 66.7 Å². The molecule has 0 N–H and O–H groups in total. The van der Waals surface area contributed by atoms with Gasteiger partial charge in [0.15, 0.2) is 0 Å². The molecule has 0 aliphatic carbocycles. The van der Waals surface area contributed by atoms with E-state index in [0.29, 0.717) is 29.9 Å². The minimum Gasteiger partial charge on any atom is -0.491 e. The zero-order valence-corrected chi connectivity index (χ0v) is 18.0. The lowest BCUT2D eigenvalue weighted by molar-refractivity contribution is 0.295. The van der Waals surface area contributed by atoms with Crippen LogP contribution in [0.25, 0.3) is 22.3 Å². The molecule has 6 heteroatoms. The van der Waals surface area contributed by atoms with Crippen LogP contribution in [0.5, 0.6) is 5.75 Å². The molecule has 3 aromatic carbocycles. The van der Waals surface area contributed by atoms with E-state index in [2.05, 4.69) is 31.9 Å². The third-order valence-electron chi connectivity index (χ3n) is 4.37. The smallest absolute Gasteiger partial charge is 0.261 e. The summed E-state index contributed by atoms with van der Waals surface area (Å²) < 4.78 is 9.42. The van der Waals surface area contributed by atoms with Gasteiger partial charge in [0.1, 0.15) is 18.2 Å². The number of rotatable bonds is 5. The monoisotopic (exact) mass is 498 g/mol. The Morgan fingerprint density at radius 2 is 1.61 bits per heavy atom. The summed E-state index contributed by atoms with van der Waals surface area (Å²) in [6.45, 7) is 0.746. The maximum Gasteiger partial charge on any atom is 0.261 e. The Morgan fingerprint density at radius 1 is 0.893 bits per heavy atom. The van der Waals surface area contributed by atoms with Crippen molar-refractivity contribution in [2.24, 2.45) is 0 Å². The molecule has 0 radical (unpaired) electrons. The van der Waals surface area contributed by atoms with Crippen LogP contribution in [0.15, 0.2) is 86.5 Å². The van der Waals surface area contributed by atoms with Crippen molar-refractivity contribution >= 4 is 42.8 Å². The van der Waals surface area contributed by atoms with Crippen LogP contribution in [0.2, 0.25) is 0 Å². The summed E-state index contributed by atoms with van der Waals surface area (Å²) in [6.07, 6.45) is 0. The first-order valence-electron chi connectivity index (χ1n) is 8.76. The van der Waals surface area contributed by atoms with Gasteiger partial charge >= 0.3 is 0 Å². The summed E-state index contributed by atoms with van der Waals surface area (Å²) in [5.41, 5.74) is 1.50. The second-order valence-electron chi connectivity index (χ2n) is 6.20. The van der Waals surface area contributed by atoms with Crippen molar-refractivity contribution in [1.82, 2.24) is 9.55 Å². The molecule has 1 aromatic heterocycles. The van der Waals surface area contributed by atoms with Crippen LogP contribution in [0.4, 0.5) is 0 Å². The first kappa shape index (κ1) is 18.9. The topological polar surface area (TPSA) is 44.1 Å². The Bertz CT molecular complexity index is 1190. The summed E-state index contributed by atoms with van der Waals surface area (Å²) in [7, 11) is 0. The summed E-state index contributed by atoms with van der Waals surface area (Å²) in [5.74, 6) is 1.38. The molecule has 0 bridgehead atoms. The van der Waals surface area contributed by atoms with Crippen molar-refractivity contribution in [3.63, 3.8) is 0 Å². The zero-order valence-electron chi connectivity index (χ0n) is 14.8. The maximum atomic E-state index is 13.1. The van der Waals surface area contributed by atoms with Gasteiger partial charge in [-0.3, -0.25) is 9.36 Å². The Morgan fingerprint density at radius 3 is 2.39 bits per heavy atom. The Kier molecular flexibility index (Phi) is 5.59. The van der Waals surface area contributed by atoms with Crippen LogP contribution in [0, 0.1) is 0 Å². The summed E-state index contributed by atoms with van der Waals surface area (Å²) in [4.78, 5) is 17.9. The molecule has 0 saturated carbocycles. The molecule has 140 valence electrons. The summed E-state index contributed by atoms with van der Waals surface area (Å²) >= 11 is 6.93. The lowest BCUT2D eigenvalue weighted by atomic mass is 10.2. The highest BCUT2D eigenvalue weighted by atomic mass is 79.9. The Hall–Kier alpha value is -2.44. The van der Waals surface area contributed by atoms with Crippen molar-refractivity contribution in [3.05, 3.63) is 92.1 Å². The third kappa shape index (κ3) is 3.88. The fraction of sp³-hybridized carbons (Fsp3) is 0.0909. The lowest BCUT2D eigenvalue weighted by Gasteiger charge is -2.15. The van der Waals surface area contributed by atoms with E-state index in [0.717, 1.165) is 20.3 Å². The number of aromatic nitrogens is 2. The number of para-hydroxylation sites is 2. The molecule has 0 amide bonds. The molecule has 4 aromatic rings. The molecule has 0 aliphatic heterocycles. The van der Waals surface area contributed by atoms with Gasteiger partial charge in [-0.2, -0.15) is 0 Å². The molecule has 1 heterocycles. The molecule has 0 spiro atoms. The van der Waals surface area contributed by atoms with Crippen LogP contribution in [0.3, 0.4) is 0 Å². The first-order valence-corrected chi connectivity index (χ1v) is 10.3. The average Bonchev–Trinajstić information content (AvgIpc) is 2.71. The maximum absolute atomic E-state index is 13.1. The fourth-order valence-corrected chi connectivity index (χ4v) is 3.67. The van der Waals surface area contributed by atoms with E-state index in [-0.39, 0.29) is 5.56 Å². The van der Waals surface area contributed by atoms with Crippen LogP contribution >= 0.6 is 31.9 Å². The normalized spacial score (nSPS) is 10.9. The summed E-state index contributed by atoms with van der Waals surface area (Å²) in [5, 5.41) is 0.601. The minimum absolute atomic E-state index is 0.0701. The minimum atomic E-state index is -0.0701. The van der Waals surface area contributed by atoms with Gasteiger partial charge in [-0.25, -0.2) is 4.98 Å². The predicted octanol–water partition coefficient (Wildman–Crippen LogP) is 5.67. The van der Waals surface area contributed by atoms with Gasteiger partial charge in [0.2, 0.25) is 0 Å². The first-order chi connectivity index (χ1) is 13.6. The number of nitrogens with zero attached hydrogens (tertiary/aromatic N) is 2. The standard InChI is InChI=1S/C22H16Br2N2O2/c23-16-11-9-15(10-12-16)21-25-19-7-3-1-5-17(19)22(27)26(21)13-14-28-20-8-4-2-6-18(20)24/h1-12H,13-14H2. The average molecular weight is 500 g/mol. The van der Waals surface area contributed by atoms with Crippen molar-refractivity contribution in [2.45, 2.75) is 6.54 Å². The SMILES string of the molecule is O=c1c2ccccc2nc(-c2ccc(Br)cc2)n1CCOc1ccccc1Br. The van der Waals surface area contributed by atoms with Crippen LogP contribution in [-0.4, -0.2) is 16.2 Å². The highest BCUT2D eigenvalue weighted by molar-refractivity contribution is 9.10. The number of fused-ring (bicyclic) bond motifs is 1. The van der Waals surface area contributed by atoms with Gasteiger partial charge in [-0.1, -0.05) is 52.3 Å². The Balaban J connectivity index is 1.73. The van der Waals surface area contributed by atoms with E-state index < -0.39 is 0 Å². The molecule has 0 fully saturated rings. The second kappa shape index (κ2) is 8.29. The van der Waals surface area contributed by atoms with E-state index >= 15 is 0 Å². The van der Waals surface area contributed by atoms with Gasteiger partial charge in [0.25, 0.3) is 5.56 Å². The molecule has 4 rings (SSSR count). The van der Waals surface area contributed by atoms with Crippen LogP contribution in [-0.2, 0) is 6.54 Å². The highest BCUT2D eigenvalue weighted by Crippen LogP contribution is 2.24. The van der Waals surface area contributed by atoms with Crippen LogP contribution < -0.4 is 10.3 Å².